The Kier molecular flexibility index (Phi) is 9.00. The van der Waals surface area contributed by atoms with Gasteiger partial charge in [-0.3, -0.25) is 34.3 Å². The Morgan fingerprint density at radius 1 is 1.02 bits per heavy atom. The molecule has 17 heteroatoms. The van der Waals surface area contributed by atoms with Crippen LogP contribution in [0.5, 0.6) is 5.75 Å². The zero-order valence-corrected chi connectivity index (χ0v) is 28.8. The molecule has 11 nitrogen and oxygen atoms in total. The van der Waals surface area contributed by atoms with Gasteiger partial charge in [0.15, 0.2) is 17.4 Å². The minimum atomic E-state index is -4.80. The number of carbonyl (C=O) groups excluding carboxylic acids is 4. The number of benzene rings is 2. The number of hydrogen-bond acceptors (Lipinski definition) is 8. The van der Waals surface area contributed by atoms with Gasteiger partial charge in [-0.2, -0.15) is 18.2 Å². The second-order valence-electron chi connectivity index (χ2n) is 13.4. The van der Waals surface area contributed by atoms with Crippen molar-refractivity contribution in [2.75, 3.05) is 12.0 Å². The number of nitrogens with one attached hydrogen (secondary N) is 1. The normalized spacial score (nSPS) is 26.7. The number of phenols is 1. The number of fused-ring (bicyclic) bond motifs is 4. The van der Waals surface area contributed by atoms with Crippen molar-refractivity contribution in [3.8, 4) is 5.75 Å². The number of amides is 4. The lowest BCUT2D eigenvalue weighted by atomic mass is 9.49. The van der Waals surface area contributed by atoms with Gasteiger partial charge in [-0.1, -0.05) is 59.1 Å². The number of hydrogen-bond donors (Lipinski definition) is 3. The average molecular weight is 776 g/mol. The lowest BCUT2D eigenvalue weighted by Gasteiger charge is -2.50. The summed E-state index contributed by atoms with van der Waals surface area (Å²) >= 11 is 12.4. The third kappa shape index (κ3) is 5.71. The van der Waals surface area contributed by atoms with E-state index in [0.717, 1.165) is 11.0 Å². The molecule has 1 aromatic heterocycles. The number of pyridine rings is 1. The molecule has 3 fully saturated rings. The standard InChI is InChI=1S/C36H28Cl2F4N4O7/c37-18-8-6-16(7-9-18)35-23(32(51)46(34(35)53)44-30-24(38)13-17(15-43-30)36(40,41)42)14-22-19(28(35)21-3-1-4-25(39)29(21)49)10-11-20-27(22)33(52)45(31(20)50)12-2-5-26(47)48/h1,3-4,6-10,13,15,20,22-23,27-28,49H,2,5,11-12,14H2,(H,43,44)(H,47,48)/t20-,22+,23-,27-,28+,35+/m0/s1. The second kappa shape index (κ2) is 13.1. The monoisotopic (exact) mass is 774 g/mol. The molecule has 0 unspecified atom stereocenters. The number of halogens is 6. The number of rotatable bonds is 8. The number of carboxylic acid groups (broad SMARTS) is 1. The first-order valence-corrected chi connectivity index (χ1v) is 17.2. The molecule has 4 aliphatic rings. The van der Waals surface area contributed by atoms with Crippen LogP contribution in [0.3, 0.4) is 0 Å². The number of aliphatic carboxylic acids is 1. The number of aromatic hydroxyl groups is 1. The first kappa shape index (κ1) is 36.3. The van der Waals surface area contributed by atoms with E-state index in [1.807, 2.05) is 0 Å². The summed E-state index contributed by atoms with van der Waals surface area (Å²) in [5.74, 6) is -11.8. The third-order valence-corrected chi connectivity index (χ3v) is 11.3. The number of hydrazine groups is 1. The number of alkyl halides is 3. The molecule has 3 aromatic rings. The van der Waals surface area contributed by atoms with Gasteiger partial charge in [-0.25, -0.2) is 9.37 Å². The number of para-hydroxylation sites is 1. The van der Waals surface area contributed by atoms with Crippen molar-refractivity contribution < 1.29 is 51.7 Å². The van der Waals surface area contributed by atoms with Gasteiger partial charge < -0.3 is 10.2 Å². The molecule has 0 radical (unpaired) electrons. The molecular weight excluding hydrogens is 747 g/mol. The summed E-state index contributed by atoms with van der Waals surface area (Å²) in [7, 11) is 0. The van der Waals surface area contributed by atoms with Gasteiger partial charge in [-0.05, 0) is 55.0 Å². The fourth-order valence-electron chi connectivity index (χ4n) is 8.57. The zero-order chi connectivity index (χ0) is 38.1. The largest absolute Gasteiger partial charge is 0.505 e. The molecule has 276 valence electrons. The summed E-state index contributed by atoms with van der Waals surface area (Å²) in [6, 6.07) is 10.2. The summed E-state index contributed by atoms with van der Waals surface area (Å²) in [6.07, 6.45) is -3.12. The van der Waals surface area contributed by atoms with E-state index in [1.54, 1.807) is 6.08 Å². The van der Waals surface area contributed by atoms with Crippen molar-refractivity contribution >= 4 is 58.6 Å². The van der Waals surface area contributed by atoms with Crippen LogP contribution in [0.25, 0.3) is 0 Å². The van der Waals surface area contributed by atoms with Gasteiger partial charge in [0.2, 0.25) is 11.8 Å². The summed E-state index contributed by atoms with van der Waals surface area (Å²) in [5.41, 5.74) is -0.141. The van der Waals surface area contributed by atoms with Crippen LogP contribution in [0.1, 0.15) is 48.3 Å². The van der Waals surface area contributed by atoms with Gasteiger partial charge in [0.05, 0.1) is 33.8 Å². The molecule has 2 aliphatic carbocycles. The summed E-state index contributed by atoms with van der Waals surface area (Å²) in [6.45, 7) is -0.152. The van der Waals surface area contributed by atoms with Crippen LogP contribution in [-0.4, -0.2) is 61.2 Å². The van der Waals surface area contributed by atoms with E-state index < -0.39 is 98.7 Å². The SMILES string of the molecule is O=C(O)CCCN1C(=O)[C@H]2[C@H](CC=C3[C@H]2C[C@H]2C(=O)N(Nc4ncc(C(F)(F)F)cc4Cl)C(=O)[C@@]2(c2ccc(Cl)cc2)[C@H]3c2cccc(F)c2O)C1=O. The summed E-state index contributed by atoms with van der Waals surface area (Å²) in [5, 5.41) is 20.7. The van der Waals surface area contributed by atoms with Crippen molar-refractivity contribution in [1.82, 2.24) is 14.9 Å². The Morgan fingerprint density at radius 3 is 2.40 bits per heavy atom. The van der Waals surface area contributed by atoms with Crippen molar-refractivity contribution in [2.45, 2.75) is 43.2 Å². The maximum absolute atomic E-state index is 15.2. The van der Waals surface area contributed by atoms with Crippen LogP contribution in [0.2, 0.25) is 10.0 Å². The highest BCUT2D eigenvalue weighted by molar-refractivity contribution is 6.33. The molecule has 1 saturated carbocycles. The number of nitrogens with zero attached hydrogens (tertiary/aromatic N) is 3. The Labute approximate surface area is 308 Å². The Balaban J connectivity index is 1.40. The highest BCUT2D eigenvalue weighted by Crippen LogP contribution is 2.65. The molecule has 3 N–H and O–H groups in total. The van der Waals surface area contributed by atoms with Crippen LogP contribution >= 0.6 is 23.2 Å². The molecule has 2 aromatic carbocycles. The van der Waals surface area contributed by atoms with Crippen molar-refractivity contribution in [1.29, 1.82) is 0 Å². The summed E-state index contributed by atoms with van der Waals surface area (Å²) in [4.78, 5) is 73.3. The van der Waals surface area contributed by atoms with E-state index in [2.05, 4.69) is 10.4 Å². The molecule has 6 atom stereocenters. The Morgan fingerprint density at radius 2 is 1.74 bits per heavy atom. The van der Waals surface area contributed by atoms with Crippen molar-refractivity contribution in [3.63, 3.8) is 0 Å². The molecule has 7 rings (SSSR count). The fourth-order valence-corrected chi connectivity index (χ4v) is 8.90. The van der Waals surface area contributed by atoms with E-state index in [0.29, 0.717) is 22.8 Å². The molecule has 0 bridgehead atoms. The van der Waals surface area contributed by atoms with Gasteiger partial charge in [0.25, 0.3) is 11.8 Å². The van der Waals surface area contributed by atoms with E-state index in [1.165, 1.54) is 36.4 Å². The van der Waals surface area contributed by atoms with Gasteiger partial charge >= 0.3 is 12.1 Å². The maximum atomic E-state index is 15.2. The van der Waals surface area contributed by atoms with Crippen LogP contribution < -0.4 is 5.43 Å². The number of aromatic nitrogens is 1. The first-order valence-electron chi connectivity index (χ1n) is 16.5. The predicted molar refractivity (Wildman–Crippen MR) is 179 cm³/mol. The molecule has 4 amide bonds. The van der Waals surface area contributed by atoms with Crippen molar-refractivity contribution in [3.05, 3.63) is 98.9 Å². The molecule has 2 saturated heterocycles. The number of phenolic OH excluding ortho intramolecular Hbond substituents is 1. The smallest absolute Gasteiger partial charge is 0.417 e. The van der Waals surface area contributed by atoms with Crippen LogP contribution in [0, 0.1) is 29.5 Å². The minimum Gasteiger partial charge on any atom is -0.505 e. The van der Waals surface area contributed by atoms with Gasteiger partial charge in [0.1, 0.15) is 0 Å². The van der Waals surface area contributed by atoms with Gasteiger partial charge in [-0.15, -0.1) is 0 Å². The average Bonchev–Trinajstić information content (AvgIpc) is 3.47. The number of carbonyl (C=O) groups is 5. The first-order chi connectivity index (χ1) is 25.1. The third-order valence-electron chi connectivity index (χ3n) is 10.7. The molecule has 53 heavy (non-hydrogen) atoms. The molecular formula is C36H28Cl2F4N4O7. The minimum absolute atomic E-state index is 0.00740. The molecule has 0 spiro atoms. The number of allylic oxidation sites excluding steroid dienone is 2. The molecule has 3 heterocycles. The van der Waals surface area contributed by atoms with E-state index in [9.17, 15) is 37.5 Å². The van der Waals surface area contributed by atoms with E-state index in [4.69, 9.17) is 28.3 Å². The zero-order valence-electron chi connectivity index (χ0n) is 27.2. The number of carboxylic acids is 1. The number of imide groups is 2. The lowest BCUT2D eigenvalue weighted by Crippen LogP contribution is -2.53. The van der Waals surface area contributed by atoms with Crippen molar-refractivity contribution in [2.24, 2.45) is 23.7 Å². The lowest BCUT2D eigenvalue weighted by molar-refractivity contribution is -0.142. The van der Waals surface area contributed by atoms with Crippen LogP contribution in [0.15, 0.2) is 66.4 Å². The molecule has 2 aliphatic heterocycles. The predicted octanol–water partition coefficient (Wildman–Crippen LogP) is 6.10. The van der Waals surface area contributed by atoms with Gasteiger partial charge in [0, 0.05) is 35.7 Å². The second-order valence-corrected chi connectivity index (χ2v) is 14.3. The highest BCUT2D eigenvalue weighted by atomic mass is 35.5. The van der Waals surface area contributed by atoms with Crippen LogP contribution in [-0.2, 0) is 35.6 Å². The van der Waals surface area contributed by atoms with E-state index in [-0.39, 0.29) is 48.4 Å². The Bertz CT molecular complexity index is 2110. The van der Waals surface area contributed by atoms with E-state index >= 15 is 9.18 Å². The fraction of sp³-hybridized carbons (Fsp3) is 0.333. The highest BCUT2D eigenvalue weighted by Gasteiger charge is 2.70. The summed E-state index contributed by atoms with van der Waals surface area (Å²) < 4.78 is 55.4. The Hall–Kier alpha value is -5.02. The number of likely N-dealkylation sites (tertiary alicyclic amines) is 1. The van der Waals surface area contributed by atoms with Crippen LogP contribution in [0.4, 0.5) is 23.4 Å². The maximum Gasteiger partial charge on any atom is 0.417 e. The topological polar surface area (TPSA) is 157 Å². The number of anilines is 1. The quantitative estimate of drug-likeness (QED) is 0.140.